The number of carbonyl (C=O) groups is 4. The van der Waals surface area contributed by atoms with Crippen LogP contribution in [0.15, 0.2) is 76.6 Å². The van der Waals surface area contributed by atoms with Crippen LogP contribution in [0.2, 0.25) is 10.0 Å². The molecule has 3 atom stereocenters. The Bertz CT molecular complexity index is 1890. The van der Waals surface area contributed by atoms with Gasteiger partial charge in [0.1, 0.15) is 11.0 Å². The Morgan fingerprint density at radius 2 is 1.73 bits per heavy atom. The number of anilines is 2. The van der Waals surface area contributed by atoms with Gasteiger partial charge in [0.25, 0.3) is 5.91 Å². The molecule has 14 heteroatoms. The molecule has 1 saturated heterocycles. The third-order valence-corrected chi connectivity index (χ3v) is 10.4. The van der Waals surface area contributed by atoms with E-state index in [4.69, 9.17) is 32.7 Å². The molecule has 1 fully saturated rings. The van der Waals surface area contributed by atoms with E-state index in [2.05, 4.69) is 10.3 Å². The summed E-state index contributed by atoms with van der Waals surface area (Å²) in [4.78, 5) is 69.5. The molecule has 3 aromatic carbocycles. The Morgan fingerprint density at radius 1 is 0.978 bits per heavy atom. The highest BCUT2D eigenvalue weighted by atomic mass is 35.5. The zero-order valence-electron chi connectivity index (χ0n) is 23.4. The summed E-state index contributed by atoms with van der Waals surface area (Å²) in [5.41, 5.74) is 1.59. The van der Waals surface area contributed by atoms with Crippen LogP contribution in [0, 0.1) is 5.92 Å². The maximum Gasteiger partial charge on any atom is 0.338 e. The van der Waals surface area contributed by atoms with E-state index in [0.29, 0.717) is 43.2 Å². The van der Waals surface area contributed by atoms with Crippen LogP contribution in [0.3, 0.4) is 0 Å². The monoisotopic (exact) mass is 683 g/mol. The number of aromatic amines is 1. The number of hydrogen-bond acceptors (Lipinski definition) is 9. The van der Waals surface area contributed by atoms with Gasteiger partial charge in [0, 0.05) is 22.0 Å². The normalized spacial score (nSPS) is 18.7. The summed E-state index contributed by atoms with van der Waals surface area (Å²) in [6, 6.07) is 17.7. The van der Waals surface area contributed by atoms with Crippen molar-refractivity contribution < 1.29 is 28.7 Å². The van der Waals surface area contributed by atoms with Gasteiger partial charge >= 0.3 is 10.8 Å². The number of nitrogens with one attached hydrogen (secondary N) is 2. The number of aromatic nitrogens is 1. The highest BCUT2D eigenvalue weighted by molar-refractivity contribution is 8.00. The second-order valence-electron chi connectivity index (χ2n) is 10.0. The van der Waals surface area contributed by atoms with Crippen LogP contribution >= 0.6 is 46.3 Å². The van der Waals surface area contributed by atoms with Crippen LogP contribution in [0.4, 0.5) is 11.4 Å². The summed E-state index contributed by atoms with van der Waals surface area (Å²) in [7, 11) is 0. The van der Waals surface area contributed by atoms with E-state index in [1.54, 1.807) is 43.3 Å². The average Bonchev–Trinajstić information content (AvgIpc) is 3.52. The van der Waals surface area contributed by atoms with Crippen molar-refractivity contribution in [3.05, 3.63) is 102 Å². The molecule has 230 valence electrons. The molecule has 45 heavy (non-hydrogen) atoms. The Balaban J connectivity index is 1.30. The maximum absolute atomic E-state index is 14.1. The number of imide groups is 1. The third kappa shape index (κ3) is 5.98. The molecule has 0 radical (unpaired) electrons. The molecular formula is C31H23Cl2N3O7S2. The lowest BCUT2D eigenvalue weighted by molar-refractivity contribution is -0.122. The van der Waals surface area contributed by atoms with Crippen LogP contribution in [0.25, 0.3) is 0 Å². The molecule has 3 unspecified atom stereocenters. The molecule has 1 aromatic heterocycles. The lowest BCUT2D eigenvalue weighted by atomic mass is 9.82. The molecule has 2 aliphatic rings. The molecule has 6 rings (SSSR count). The lowest BCUT2D eigenvalue weighted by Crippen LogP contribution is -2.32. The first-order valence-electron chi connectivity index (χ1n) is 13.7. The molecule has 2 aliphatic heterocycles. The molecule has 10 nitrogen and oxygen atoms in total. The highest BCUT2D eigenvalue weighted by Gasteiger charge is 2.56. The Hall–Kier alpha value is -4.10. The van der Waals surface area contributed by atoms with E-state index in [9.17, 15) is 24.0 Å². The number of rotatable bonds is 8. The van der Waals surface area contributed by atoms with E-state index in [0.717, 1.165) is 28.0 Å². The fraction of sp³-hybridized carbons (Fsp3) is 0.194. The third-order valence-electron chi connectivity index (χ3n) is 7.28. The van der Waals surface area contributed by atoms with Crippen molar-refractivity contribution >= 4 is 81.4 Å². The fourth-order valence-corrected chi connectivity index (χ4v) is 8.15. The summed E-state index contributed by atoms with van der Waals surface area (Å²) in [5.74, 6) is -3.14. The molecule has 4 aromatic rings. The van der Waals surface area contributed by atoms with Gasteiger partial charge in [0.05, 0.1) is 38.8 Å². The van der Waals surface area contributed by atoms with E-state index < -0.39 is 40.8 Å². The Labute approximate surface area is 274 Å². The van der Waals surface area contributed by atoms with Crippen molar-refractivity contribution in [3.8, 4) is 5.75 Å². The van der Waals surface area contributed by atoms with Gasteiger partial charge in [-0.2, -0.15) is 0 Å². The number of nitrogens with zero attached hydrogens (tertiary/aromatic N) is 1. The van der Waals surface area contributed by atoms with Gasteiger partial charge in [0.15, 0.2) is 6.61 Å². The number of benzene rings is 3. The summed E-state index contributed by atoms with van der Waals surface area (Å²) >= 11 is 14.1. The van der Waals surface area contributed by atoms with E-state index in [1.165, 1.54) is 30.3 Å². The van der Waals surface area contributed by atoms with Gasteiger partial charge < -0.3 is 19.8 Å². The fourth-order valence-electron chi connectivity index (χ4n) is 5.35. The number of H-pyrrole nitrogens is 1. The summed E-state index contributed by atoms with van der Waals surface area (Å²) in [6.45, 7) is 1.55. The van der Waals surface area contributed by atoms with Gasteiger partial charge in [-0.05, 0) is 55.5 Å². The van der Waals surface area contributed by atoms with Gasteiger partial charge in [-0.25, -0.2) is 9.69 Å². The molecule has 2 N–H and O–H groups in total. The Morgan fingerprint density at radius 3 is 2.47 bits per heavy atom. The smallest absolute Gasteiger partial charge is 0.338 e. The number of ether oxygens (including phenoxy) is 2. The topological polar surface area (TPSA) is 135 Å². The van der Waals surface area contributed by atoms with Crippen LogP contribution in [0.5, 0.6) is 5.75 Å². The van der Waals surface area contributed by atoms with Crippen molar-refractivity contribution in [3.63, 3.8) is 0 Å². The van der Waals surface area contributed by atoms with Crippen molar-refractivity contribution in [1.82, 2.24) is 4.98 Å². The van der Waals surface area contributed by atoms with Crippen molar-refractivity contribution in [1.29, 1.82) is 0 Å². The number of halogens is 2. The molecule has 0 bridgehead atoms. The van der Waals surface area contributed by atoms with Crippen molar-refractivity contribution in [2.24, 2.45) is 5.92 Å². The highest BCUT2D eigenvalue weighted by Crippen LogP contribution is 2.54. The van der Waals surface area contributed by atoms with Gasteiger partial charge in [-0.1, -0.05) is 64.5 Å². The SMILES string of the molecule is CCOC(=O)c1ccc(N2C(=O)C3Sc4[nH]c(=O)sc4C(c4ccccc4OCC(=O)Nc4ccc(Cl)c(Cl)c4)C3C2=O)cc1. The number of thioether (sulfide) groups is 1. The molecule has 0 saturated carbocycles. The van der Waals surface area contributed by atoms with Gasteiger partial charge in [-0.15, -0.1) is 0 Å². The van der Waals surface area contributed by atoms with Gasteiger partial charge in [0.2, 0.25) is 11.8 Å². The summed E-state index contributed by atoms with van der Waals surface area (Å²) in [5, 5.41) is 3.00. The number of hydrogen-bond donors (Lipinski definition) is 2. The molecule has 3 amide bonds. The number of amides is 3. The minimum absolute atomic E-state index is 0.213. The first-order valence-corrected chi connectivity index (χ1v) is 16.1. The summed E-state index contributed by atoms with van der Waals surface area (Å²) in [6.07, 6.45) is 0. The molecular weight excluding hydrogens is 661 g/mol. The number of fused-ring (bicyclic) bond motifs is 2. The molecule has 0 spiro atoms. The molecule has 3 heterocycles. The molecule has 0 aliphatic carbocycles. The minimum atomic E-state index is -0.874. The van der Waals surface area contributed by atoms with Crippen LogP contribution in [-0.4, -0.2) is 47.1 Å². The van der Waals surface area contributed by atoms with Gasteiger partial charge in [-0.3, -0.25) is 19.2 Å². The maximum atomic E-state index is 14.1. The van der Waals surface area contributed by atoms with Crippen LogP contribution in [0.1, 0.15) is 33.6 Å². The number of esters is 1. The summed E-state index contributed by atoms with van der Waals surface area (Å²) < 4.78 is 11.0. The average molecular weight is 685 g/mol. The first-order chi connectivity index (χ1) is 21.7. The van der Waals surface area contributed by atoms with Crippen molar-refractivity contribution in [2.45, 2.75) is 23.1 Å². The zero-order chi connectivity index (χ0) is 31.8. The predicted octanol–water partition coefficient (Wildman–Crippen LogP) is 5.73. The number of thiazole rings is 1. The van der Waals surface area contributed by atoms with Crippen molar-refractivity contribution in [2.75, 3.05) is 23.4 Å². The second-order valence-corrected chi connectivity index (χ2v) is 13.0. The standard InChI is InChI=1S/C31H23Cl2N3O7S2/c1-2-42-30(40)15-7-10-17(11-8-15)36-28(38)24-23(25-27(35-31(41)45-25)44-26(24)29(36)39)18-5-3-4-6-21(18)43-14-22(37)34-16-9-12-19(32)20(33)13-16/h3-13,23-24,26H,2,14H2,1H3,(H,34,37)(H,35,41). The second kappa shape index (κ2) is 12.7. The predicted molar refractivity (Wildman–Crippen MR) is 172 cm³/mol. The first kappa shape index (κ1) is 30.9. The number of carbonyl (C=O) groups excluding carboxylic acids is 4. The largest absolute Gasteiger partial charge is 0.483 e. The minimum Gasteiger partial charge on any atom is -0.483 e. The zero-order valence-corrected chi connectivity index (χ0v) is 26.5. The quantitative estimate of drug-likeness (QED) is 0.178. The van der Waals surface area contributed by atoms with E-state index in [1.807, 2.05) is 0 Å². The van der Waals surface area contributed by atoms with Crippen LogP contribution < -0.4 is 19.8 Å². The van der Waals surface area contributed by atoms with E-state index >= 15 is 0 Å². The lowest BCUT2D eigenvalue weighted by Gasteiger charge is -2.30. The van der Waals surface area contributed by atoms with Crippen LogP contribution in [-0.2, 0) is 19.1 Å². The Kier molecular flexibility index (Phi) is 8.74. The number of para-hydroxylation sites is 1. The van der Waals surface area contributed by atoms with E-state index in [-0.39, 0.29) is 23.1 Å².